The fourth-order valence-electron chi connectivity index (χ4n) is 2.87. The number of aromatic amines is 1. The Kier molecular flexibility index (Phi) is 4.31. The number of halogens is 2. The number of hydrogen-bond donors (Lipinski definition) is 3. The largest absolute Gasteiger partial charge is 0.506 e. The number of rotatable bonds is 3. The van der Waals surface area contributed by atoms with Crippen LogP contribution in [-0.2, 0) is 6.42 Å². The molecule has 6 nitrogen and oxygen atoms in total. The summed E-state index contributed by atoms with van der Waals surface area (Å²) in [4.78, 5) is 0. The van der Waals surface area contributed by atoms with Crippen molar-refractivity contribution in [2.24, 2.45) is 5.73 Å². The standard InChI is InChI=1S/C16H14Cl2N4O2/c1-2-3-11-13-12(8-4-7(17)5-10(18)14(8)23)9(6-19)15(20)24-16(13)22-21-11/h4-5,12,23H,2-3,20H2,1H3,(H,21,22)/t12-/m1/s1. The number of fused-ring (bicyclic) bond motifs is 1. The van der Waals surface area contributed by atoms with Crippen LogP contribution >= 0.6 is 23.2 Å². The van der Waals surface area contributed by atoms with Crippen molar-refractivity contribution in [2.45, 2.75) is 25.7 Å². The maximum atomic E-state index is 10.4. The van der Waals surface area contributed by atoms with Gasteiger partial charge in [-0.1, -0.05) is 36.5 Å². The van der Waals surface area contributed by atoms with Crippen LogP contribution < -0.4 is 10.5 Å². The lowest BCUT2D eigenvalue weighted by molar-refractivity contribution is 0.377. The van der Waals surface area contributed by atoms with Crippen LogP contribution in [0.1, 0.15) is 36.1 Å². The molecule has 0 fully saturated rings. The molecule has 0 bridgehead atoms. The van der Waals surface area contributed by atoms with Gasteiger partial charge in [0.2, 0.25) is 11.8 Å². The Morgan fingerprint density at radius 3 is 2.88 bits per heavy atom. The number of benzene rings is 1. The predicted molar refractivity (Wildman–Crippen MR) is 90.0 cm³/mol. The average Bonchev–Trinajstić information content (AvgIpc) is 2.92. The number of nitrogens with two attached hydrogens (primary N) is 1. The summed E-state index contributed by atoms with van der Waals surface area (Å²) in [5.41, 5.74) is 7.91. The van der Waals surface area contributed by atoms with Gasteiger partial charge in [-0.3, -0.25) is 5.10 Å². The van der Waals surface area contributed by atoms with Gasteiger partial charge >= 0.3 is 0 Å². The van der Waals surface area contributed by atoms with Crippen molar-refractivity contribution in [1.82, 2.24) is 10.2 Å². The SMILES string of the molecule is CCCc1[nH]nc2c1[C@H](c1cc(Cl)cc(Cl)c1O)C(C#N)=C(N)O2. The van der Waals surface area contributed by atoms with Crippen LogP contribution in [0.5, 0.6) is 11.6 Å². The number of aromatic nitrogens is 2. The van der Waals surface area contributed by atoms with E-state index >= 15 is 0 Å². The van der Waals surface area contributed by atoms with Crippen molar-refractivity contribution in [3.63, 3.8) is 0 Å². The zero-order valence-corrected chi connectivity index (χ0v) is 14.2. The van der Waals surface area contributed by atoms with Gasteiger partial charge in [0.1, 0.15) is 17.4 Å². The molecule has 0 saturated carbocycles. The molecule has 1 aromatic carbocycles. The van der Waals surface area contributed by atoms with Crippen LogP contribution in [0, 0.1) is 11.3 Å². The molecular weight excluding hydrogens is 351 g/mol. The summed E-state index contributed by atoms with van der Waals surface area (Å²) in [5.74, 6) is -0.575. The summed E-state index contributed by atoms with van der Waals surface area (Å²) >= 11 is 12.1. The Morgan fingerprint density at radius 2 is 2.21 bits per heavy atom. The van der Waals surface area contributed by atoms with Crippen molar-refractivity contribution < 1.29 is 9.84 Å². The second kappa shape index (κ2) is 6.27. The minimum atomic E-state index is -0.657. The molecule has 1 aliphatic heterocycles. The smallest absolute Gasteiger partial charge is 0.244 e. The molecule has 2 heterocycles. The van der Waals surface area contributed by atoms with Gasteiger partial charge < -0.3 is 15.6 Å². The van der Waals surface area contributed by atoms with Gasteiger partial charge in [-0.2, -0.15) is 5.26 Å². The number of phenols is 1. The Morgan fingerprint density at radius 1 is 1.46 bits per heavy atom. The van der Waals surface area contributed by atoms with Gasteiger partial charge in [-0.15, -0.1) is 5.10 Å². The molecule has 0 spiro atoms. The summed E-state index contributed by atoms with van der Waals surface area (Å²) in [5, 5.41) is 27.5. The number of hydrogen-bond acceptors (Lipinski definition) is 5. The third-order valence-corrected chi connectivity index (χ3v) is 4.39. The molecule has 0 radical (unpaired) electrons. The van der Waals surface area contributed by atoms with Gasteiger partial charge in [0, 0.05) is 16.3 Å². The molecule has 1 aliphatic rings. The molecule has 3 rings (SSSR count). The van der Waals surface area contributed by atoms with E-state index in [-0.39, 0.29) is 28.1 Å². The van der Waals surface area contributed by atoms with E-state index in [9.17, 15) is 10.4 Å². The zero-order chi connectivity index (χ0) is 17.4. The van der Waals surface area contributed by atoms with Crippen LogP contribution in [0.2, 0.25) is 10.0 Å². The molecule has 0 amide bonds. The molecular formula is C16H14Cl2N4O2. The Bertz CT molecular complexity index is 883. The Balaban J connectivity index is 2.29. The van der Waals surface area contributed by atoms with Gasteiger partial charge in [0.25, 0.3) is 0 Å². The zero-order valence-electron chi connectivity index (χ0n) is 12.7. The van der Waals surface area contributed by atoms with E-state index in [1.165, 1.54) is 6.07 Å². The molecule has 1 aromatic heterocycles. The van der Waals surface area contributed by atoms with Crippen molar-refractivity contribution in [1.29, 1.82) is 5.26 Å². The monoisotopic (exact) mass is 364 g/mol. The third kappa shape index (κ3) is 2.56. The van der Waals surface area contributed by atoms with Gasteiger partial charge in [0.05, 0.1) is 16.5 Å². The van der Waals surface area contributed by atoms with E-state index in [2.05, 4.69) is 16.3 Å². The summed E-state index contributed by atoms with van der Waals surface area (Å²) in [6.45, 7) is 2.02. The predicted octanol–water partition coefficient (Wildman–Crippen LogP) is 3.59. The lowest BCUT2D eigenvalue weighted by atomic mass is 9.83. The molecule has 8 heteroatoms. The van der Waals surface area contributed by atoms with Crippen molar-refractivity contribution >= 4 is 23.2 Å². The van der Waals surface area contributed by atoms with E-state index < -0.39 is 5.92 Å². The van der Waals surface area contributed by atoms with Crippen molar-refractivity contribution in [3.8, 4) is 17.7 Å². The first-order valence-electron chi connectivity index (χ1n) is 7.30. The number of allylic oxidation sites excluding steroid dienone is 1. The third-order valence-electron chi connectivity index (χ3n) is 3.89. The number of aromatic hydroxyl groups is 1. The first-order chi connectivity index (χ1) is 11.5. The lowest BCUT2D eigenvalue weighted by Crippen LogP contribution is -2.21. The quantitative estimate of drug-likeness (QED) is 0.770. The minimum absolute atomic E-state index is 0.0555. The molecule has 0 aliphatic carbocycles. The number of phenolic OH excluding ortho intramolecular Hbond substituents is 1. The number of nitrogens with one attached hydrogen (secondary N) is 1. The van der Waals surface area contributed by atoms with E-state index in [1.54, 1.807) is 6.07 Å². The highest BCUT2D eigenvalue weighted by Crippen LogP contribution is 2.47. The Labute approximate surface area is 148 Å². The molecule has 24 heavy (non-hydrogen) atoms. The maximum Gasteiger partial charge on any atom is 0.244 e. The fourth-order valence-corrected chi connectivity index (χ4v) is 3.38. The summed E-state index contributed by atoms with van der Waals surface area (Å²) in [7, 11) is 0. The second-order valence-corrected chi connectivity index (χ2v) is 6.26. The molecule has 4 N–H and O–H groups in total. The van der Waals surface area contributed by atoms with E-state index in [4.69, 9.17) is 33.7 Å². The first-order valence-corrected chi connectivity index (χ1v) is 8.06. The number of nitriles is 1. The van der Waals surface area contributed by atoms with Gasteiger partial charge in [-0.05, 0) is 18.6 Å². The van der Waals surface area contributed by atoms with Crippen LogP contribution in [0.15, 0.2) is 23.6 Å². The Hall–Kier alpha value is -2.36. The van der Waals surface area contributed by atoms with E-state index in [0.717, 1.165) is 12.1 Å². The van der Waals surface area contributed by atoms with E-state index in [1.807, 2.05) is 6.92 Å². The highest BCUT2D eigenvalue weighted by molar-refractivity contribution is 6.35. The van der Waals surface area contributed by atoms with Crippen LogP contribution in [0.4, 0.5) is 0 Å². The highest BCUT2D eigenvalue weighted by Gasteiger charge is 2.36. The summed E-state index contributed by atoms with van der Waals surface area (Å²) in [6, 6.07) is 5.06. The van der Waals surface area contributed by atoms with Crippen LogP contribution in [0.3, 0.4) is 0 Å². The fraction of sp³-hybridized carbons (Fsp3) is 0.250. The van der Waals surface area contributed by atoms with Crippen LogP contribution in [0.25, 0.3) is 0 Å². The molecule has 1 atom stereocenters. The van der Waals surface area contributed by atoms with Gasteiger partial charge in [-0.25, -0.2) is 0 Å². The molecule has 0 unspecified atom stereocenters. The van der Waals surface area contributed by atoms with Crippen molar-refractivity contribution in [2.75, 3.05) is 0 Å². The first kappa shape index (κ1) is 16.5. The van der Waals surface area contributed by atoms with Gasteiger partial charge in [0.15, 0.2) is 0 Å². The molecule has 2 aromatic rings. The minimum Gasteiger partial charge on any atom is -0.506 e. The van der Waals surface area contributed by atoms with Crippen LogP contribution in [-0.4, -0.2) is 15.3 Å². The maximum absolute atomic E-state index is 10.4. The number of nitrogens with zero attached hydrogens (tertiary/aromatic N) is 2. The number of ether oxygens (including phenoxy) is 1. The normalized spacial score (nSPS) is 16.5. The molecule has 0 saturated heterocycles. The number of H-pyrrole nitrogens is 1. The highest BCUT2D eigenvalue weighted by atomic mass is 35.5. The molecule has 124 valence electrons. The summed E-state index contributed by atoms with van der Waals surface area (Å²) < 4.78 is 5.46. The lowest BCUT2D eigenvalue weighted by Gasteiger charge is -2.25. The summed E-state index contributed by atoms with van der Waals surface area (Å²) in [6.07, 6.45) is 1.57. The van der Waals surface area contributed by atoms with Crippen molar-refractivity contribution in [3.05, 3.63) is 50.5 Å². The average molecular weight is 365 g/mol. The van der Waals surface area contributed by atoms with E-state index in [0.29, 0.717) is 22.6 Å². The second-order valence-electron chi connectivity index (χ2n) is 5.42. The topological polar surface area (TPSA) is 108 Å². The number of aryl methyl sites for hydroxylation is 1.